The predicted octanol–water partition coefficient (Wildman–Crippen LogP) is 3.87. The van der Waals surface area contributed by atoms with Crippen molar-refractivity contribution < 1.29 is 19.1 Å². The Bertz CT molecular complexity index is 641. The summed E-state index contributed by atoms with van der Waals surface area (Å²) < 4.78 is 24.4. The summed E-state index contributed by atoms with van der Waals surface area (Å²) in [7, 11) is 1.48. The molecule has 0 fully saturated rings. The second kappa shape index (κ2) is 6.95. The Kier molecular flexibility index (Phi) is 5.00. The summed E-state index contributed by atoms with van der Waals surface area (Å²) in [6, 6.07) is 9.41. The van der Waals surface area contributed by atoms with Gasteiger partial charge >= 0.3 is 0 Å². The molecule has 4 nitrogen and oxygen atoms in total. The molecule has 2 aromatic rings. The van der Waals surface area contributed by atoms with Crippen molar-refractivity contribution in [1.82, 2.24) is 0 Å². The highest BCUT2D eigenvalue weighted by Crippen LogP contribution is 2.29. The summed E-state index contributed by atoms with van der Waals surface area (Å²) in [6.45, 7) is -0.0185. The van der Waals surface area contributed by atoms with E-state index in [-0.39, 0.29) is 12.2 Å². The molecule has 0 heterocycles. The molecule has 0 saturated carbocycles. The van der Waals surface area contributed by atoms with Crippen LogP contribution in [0.15, 0.2) is 41.6 Å². The van der Waals surface area contributed by atoms with Crippen molar-refractivity contribution in [3.05, 3.63) is 58.4 Å². The van der Waals surface area contributed by atoms with Crippen LogP contribution in [0.3, 0.4) is 0 Å². The number of methoxy groups -OCH3 is 1. The fourth-order valence-corrected chi connectivity index (χ4v) is 1.99. The van der Waals surface area contributed by atoms with Gasteiger partial charge in [0.2, 0.25) is 0 Å². The summed E-state index contributed by atoms with van der Waals surface area (Å²) in [5.74, 6) is 0.456. The van der Waals surface area contributed by atoms with E-state index in [0.717, 1.165) is 0 Å². The highest BCUT2D eigenvalue weighted by Gasteiger charge is 2.10. The van der Waals surface area contributed by atoms with Crippen molar-refractivity contribution in [2.24, 2.45) is 5.16 Å². The van der Waals surface area contributed by atoms with Gasteiger partial charge in [-0.05, 0) is 30.3 Å². The van der Waals surface area contributed by atoms with Crippen LogP contribution in [-0.4, -0.2) is 18.5 Å². The lowest BCUT2D eigenvalue weighted by atomic mass is 10.2. The highest BCUT2D eigenvalue weighted by molar-refractivity contribution is 6.31. The van der Waals surface area contributed by atoms with E-state index in [1.165, 1.54) is 25.5 Å². The van der Waals surface area contributed by atoms with Gasteiger partial charge in [-0.1, -0.05) is 22.8 Å². The summed E-state index contributed by atoms with van der Waals surface area (Å²) in [5.41, 5.74) is 0.924. The molecule has 1 N–H and O–H groups in total. The molecule has 6 heteroatoms. The molecule has 110 valence electrons. The molecule has 0 radical (unpaired) electrons. The van der Waals surface area contributed by atoms with Crippen molar-refractivity contribution in [1.29, 1.82) is 0 Å². The van der Waals surface area contributed by atoms with Gasteiger partial charge < -0.3 is 14.7 Å². The number of rotatable bonds is 5. The third kappa shape index (κ3) is 3.64. The number of ether oxygens (including phenoxy) is 2. The highest BCUT2D eigenvalue weighted by atomic mass is 35.5. The Hall–Kier alpha value is -2.27. The fourth-order valence-electron chi connectivity index (χ4n) is 1.77. The zero-order valence-corrected chi connectivity index (χ0v) is 12.0. The van der Waals surface area contributed by atoms with Crippen LogP contribution in [0.1, 0.15) is 11.1 Å². The first kappa shape index (κ1) is 15.1. The first-order valence-electron chi connectivity index (χ1n) is 6.07. The smallest absolute Gasteiger partial charge is 0.161 e. The molecule has 0 aliphatic rings. The minimum atomic E-state index is -0.425. The molecule has 0 atom stereocenters. The average molecular weight is 310 g/mol. The third-order valence-electron chi connectivity index (χ3n) is 2.83. The van der Waals surface area contributed by atoms with E-state index in [1.54, 1.807) is 24.3 Å². The third-order valence-corrected chi connectivity index (χ3v) is 3.18. The quantitative estimate of drug-likeness (QED) is 0.518. The molecule has 2 aromatic carbocycles. The molecule has 0 aliphatic heterocycles. The van der Waals surface area contributed by atoms with E-state index in [9.17, 15) is 4.39 Å². The zero-order chi connectivity index (χ0) is 15.2. The standard InChI is InChI=1S/C15H13ClFNO3/c1-20-15-7-10(8-18-19)5-6-14(15)21-9-11-12(16)3-2-4-13(11)17/h2-8,19H,9H2,1H3. The van der Waals surface area contributed by atoms with Crippen LogP contribution in [0.5, 0.6) is 11.5 Å². The van der Waals surface area contributed by atoms with Crippen LogP contribution in [0.25, 0.3) is 0 Å². The van der Waals surface area contributed by atoms with Crippen molar-refractivity contribution in [3.63, 3.8) is 0 Å². The number of hydrogen-bond donors (Lipinski definition) is 1. The number of oxime groups is 1. The van der Waals surface area contributed by atoms with E-state index in [4.69, 9.17) is 26.3 Å². The maximum atomic E-state index is 13.7. The minimum Gasteiger partial charge on any atom is -0.493 e. The lowest BCUT2D eigenvalue weighted by Crippen LogP contribution is -2.01. The first-order valence-corrected chi connectivity index (χ1v) is 6.44. The second-order valence-corrected chi connectivity index (χ2v) is 4.55. The van der Waals surface area contributed by atoms with E-state index < -0.39 is 5.82 Å². The summed E-state index contributed by atoms with van der Waals surface area (Å²) in [6.07, 6.45) is 1.26. The van der Waals surface area contributed by atoms with Crippen molar-refractivity contribution in [2.45, 2.75) is 6.61 Å². The van der Waals surface area contributed by atoms with Gasteiger partial charge in [0.05, 0.1) is 18.3 Å². The lowest BCUT2D eigenvalue weighted by molar-refractivity contribution is 0.280. The average Bonchev–Trinajstić information content (AvgIpc) is 2.48. The minimum absolute atomic E-state index is 0.0185. The summed E-state index contributed by atoms with van der Waals surface area (Å²) >= 11 is 5.94. The molecule has 0 saturated heterocycles. The Morgan fingerprint density at radius 3 is 2.76 bits per heavy atom. The van der Waals surface area contributed by atoms with Crippen LogP contribution < -0.4 is 9.47 Å². The van der Waals surface area contributed by atoms with Crippen LogP contribution in [0.4, 0.5) is 4.39 Å². The predicted molar refractivity (Wildman–Crippen MR) is 78.1 cm³/mol. The van der Waals surface area contributed by atoms with E-state index in [0.29, 0.717) is 22.1 Å². The van der Waals surface area contributed by atoms with Gasteiger partial charge in [0.25, 0.3) is 0 Å². The molecule has 0 aliphatic carbocycles. The molecule has 0 amide bonds. The fraction of sp³-hybridized carbons (Fsp3) is 0.133. The Morgan fingerprint density at radius 2 is 2.10 bits per heavy atom. The van der Waals surface area contributed by atoms with Gasteiger partial charge in [-0.25, -0.2) is 4.39 Å². The van der Waals surface area contributed by atoms with Gasteiger partial charge in [0, 0.05) is 11.1 Å². The maximum Gasteiger partial charge on any atom is 0.161 e. The molecule has 0 spiro atoms. The van der Waals surface area contributed by atoms with Crippen LogP contribution in [0.2, 0.25) is 5.02 Å². The summed E-state index contributed by atoms with van der Waals surface area (Å²) in [4.78, 5) is 0. The summed E-state index contributed by atoms with van der Waals surface area (Å²) in [5, 5.41) is 11.7. The monoisotopic (exact) mass is 309 g/mol. The van der Waals surface area contributed by atoms with E-state index in [2.05, 4.69) is 5.16 Å². The van der Waals surface area contributed by atoms with Crippen molar-refractivity contribution in [3.8, 4) is 11.5 Å². The van der Waals surface area contributed by atoms with Gasteiger partial charge in [-0.15, -0.1) is 0 Å². The van der Waals surface area contributed by atoms with Gasteiger partial charge in [-0.3, -0.25) is 0 Å². The zero-order valence-electron chi connectivity index (χ0n) is 11.2. The van der Waals surface area contributed by atoms with Gasteiger partial charge in [-0.2, -0.15) is 0 Å². The Balaban J connectivity index is 2.20. The molecular weight excluding hydrogens is 297 g/mol. The number of nitrogens with zero attached hydrogens (tertiary/aromatic N) is 1. The van der Waals surface area contributed by atoms with Gasteiger partial charge in [0.15, 0.2) is 11.5 Å². The lowest BCUT2D eigenvalue weighted by Gasteiger charge is -2.12. The van der Waals surface area contributed by atoms with E-state index >= 15 is 0 Å². The molecule has 21 heavy (non-hydrogen) atoms. The number of benzene rings is 2. The molecular formula is C15H13ClFNO3. The topological polar surface area (TPSA) is 51.0 Å². The van der Waals surface area contributed by atoms with Crippen LogP contribution in [-0.2, 0) is 6.61 Å². The maximum absolute atomic E-state index is 13.7. The Labute approximate surface area is 126 Å². The normalized spacial score (nSPS) is 10.8. The molecule has 0 unspecified atom stereocenters. The Morgan fingerprint density at radius 1 is 1.29 bits per heavy atom. The van der Waals surface area contributed by atoms with Crippen molar-refractivity contribution >= 4 is 17.8 Å². The van der Waals surface area contributed by atoms with Crippen LogP contribution in [0, 0.1) is 5.82 Å². The van der Waals surface area contributed by atoms with Crippen molar-refractivity contribution in [2.75, 3.05) is 7.11 Å². The van der Waals surface area contributed by atoms with Crippen LogP contribution >= 0.6 is 11.6 Å². The second-order valence-electron chi connectivity index (χ2n) is 4.14. The molecule has 2 rings (SSSR count). The van der Waals surface area contributed by atoms with E-state index in [1.807, 2.05) is 0 Å². The largest absolute Gasteiger partial charge is 0.493 e. The SMILES string of the molecule is COc1cc(C=NO)ccc1OCc1c(F)cccc1Cl. The van der Waals surface area contributed by atoms with Gasteiger partial charge in [0.1, 0.15) is 12.4 Å². The first-order chi connectivity index (χ1) is 10.2. The molecule has 0 bridgehead atoms. The molecule has 0 aromatic heterocycles. The number of hydrogen-bond acceptors (Lipinski definition) is 4. The number of halogens is 2.